The lowest BCUT2D eigenvalue weighted by Crippen LogP contribution is -2.38. The van der Waals surface area contributed by atoms with Crippen LogP contribution >= 0.6 is 0 Å². The lowest BCUT2D eigenvalue weighted by molar-refractivity contribution is -0.131. The van der Waals surface area contributed by atoms with Gasteiger partial charge in [-0.2, -0.15) is 0 Å². The molecule has 7 heteroatoms. The molecule has 0 aliphatic carbocycles. The van der Waals surface area contributed by atoms with E-state index in [9.17, 15) is 9.59 Å². The number of piperidine rings is 1. The summed E-state index contributed by atoms with van der Waals surface area (Å²) in [5, 5.41) is 17.5. The maximum Gasteiger partial charge on any atom is 0.335 e. The van der Waals surface area contributed by atoms with Gasteiger partial charge in [-0.1, -0.05) is 29.5 Å². The number of hydrogen-bond acceptors (Lipinski definition) is 4. The number of allylic oxidation sites excluding steroid dienone is 1. The number of likely N-dealkylation sites (tertiary alicyclic amines) is 1. The van der Waals surface area contributed by atoms with Crippen LogP contribution in [-0.2, 0) is 4.79 Å². The lowest BCUT2D eigenvalue weighted by atomic mass is 10.0. The van der Waals surface area contributed by atoms with Crippen molar-refractivity contribution in [2.75, 3.05) is 13.1 Å². The van der Waals surface area contributed by atoms with Gasteiger partial charge >= 0.3 is 5.97 Å². The second kappa shape index (κ2) is 7.95. The van der Waals surface area contributed by atoms with Crippen LogP contribution in [0.25, 0.3) is 11.3 Å². The molecule has 0 atom stereocenters. The molecule has 0 unspecified atom stereocenters. The minimum Gasteiger partial charge on any atom is -0.478 e. The Balaban J connectivity index is 1.65. The fourth-order valence-electron chi connectivity index (χ4n) is 3.13. The van der Waals surface area contributed by atoms with Crippen molar-refractivity contribution in [2.24, 2.45) is 0 Å². The highest BCUT2D eigenvalue weighted by Crippen LogP contribution is 2.25. The van der Waals surface area contributed by atoms with E-state index < -0.39 is 5.97 Å². The predicted octanol–water partition coefficient (Wildman–Crippen LogP) is 2.77. The average Bonchev–Trinajstić information content (AvgIpc) is 3.16. The Kier molecular flexibility index (Phi) is 5.46. The van der Waals surface area contributed by atoms with Crippen LogP contribution in [0.5, 0.6) is 0 Å². The second-order valence-corrected chi connectivity index (χ2v) is 6.35. The zero-order chi connectivity index (χ0) is 18.5. The van der Waals surface area contributed by atoms with Crippen molar-refractivity contribution in [3.8, 4) is 11.3 Å². The van der Waals surface area contributed by atoms with Gasteiger partial charge in [-0.3, -0.25) is 4.79 Å². The van der Waals surface area contributed by atoms with Gasteiger partial charge in [-0.25, -0.2) is 9.48 Å². The summed E-state index contributed by atoms with van der Waals surface area (Å²) < 4.78 is 1.83. The SMILES string of the molecule is CC=CCC(=O)N1CCC(n2cc(-c3cccc(C(=O)O)c3)nn2)CC1. The van der Waals surface area contributed by atoms with Crippen LogP contribution in [0, 0.1) is 0 Å². The number of aromatic carboxylic acids is 1. The maximum absolute atomic E-state index is 12.1. The molecule has 2 heterocycles. The molecule has 1 aromatic heterocycles. The standard InChI is InChI=1S/C19H22N4O3/c1-2-3-7-18(24)22-10-8-16(9-11-22)23-13-17(20-21-23)14-5-4-6-15(12-14)19(25)26/h2-6,12-13,16H,7-11H2,1H3,(H,25,26). The molecule has 7 nitrogen and oxygen atoms in total. The number of benzene rings is 1. The number of aromatic nitrogens is 3. The summed E-state index contributed by atoms with van der Waals surface area (Å²) in [7, 11) is 0. The number of carboxylic acid groups (broad SMARTS) is 1. The monoisotopic (exact) mass is 354 g/mol. The van der Waals surface area contributed by atoms with Gasteiger partial charge in [0.05, 0.1) is 17.8 Å². The zero-order valence-corrected chi connectivity index (χ0v) is 14.7. The first-order chi connectivity index (χ1) is 12.6. The fraction of sp³-hybridized carbons (Fsp3) is 0.368. The number of carbonyl (C=O) groups excluding carboxylic acids is 1. The van der Waals surface area contributed by atoms with E-state index >= 15 is 0 Å². The highest BCUT2D eigenvalue weighted by atomic mass is 16.4. The molecular weight excluding hydrogens is 332 g/mol. The van der Waals surface area contributed by atoms with E-state index in [1.54, 1.807) is 18.2 Å². The Morgan fingerprint density at radius 3 is 2.77 bits per heavy atom. The highest BCUT2D eigenvalue weighted by molar-refractivity contribution is 5.89. The third kappa shape index (κ3) is 3.99. The van der Waals surface area contributed by atoms with Crippen molar-refractivity contribution < 1.29 is 14.7 Å². The number of carbonyl (C=O) groups is 2. The van der Waals surface area contributed by atoms with Crippen molar-refractivity contribution in [3.05, 3.63) is 48.2 Å². The van der Waals surface area contributed by atoms with Crippen LogP contribution in [0.1, 0.15) is 42.6 Å². The highest BCUT2D eigenvalue weighted by Gasteiger charge is 2.24. The molecule has 0 radical (unpaired) electrons. The minimum absolute atomic E-state index is 0.159. The molecule has 136 valence electrons. The number of hydrogen-bond donors (Lipinski definition) is 1. The lowest BCUT2D eigenvalue weighted by Gasteiger charge is -2.31. The quantitative estimate of drug-likeness (QED) is 0.834. The van der Waals surface area contributed by atoms with E-state index in [1.165, 1.54) is 0 Å². The summed E-state index contributed by atoms with van der Waals surface area (Å²) in [6.45, 7) is 3.34. The number of carboxylic acids is 1. The van der Waals surface area contributed by atoms with Crippen LogP contribution in [-0.4, -0.2) is 50.0 Å². The summed E-state index contributed by atoms with van der Waals surface area (Å²) in [6.07, 6.45) is 7.74. The Labute approximate surface area is 151 Å². The van der Waals surface area contributed by atoms with Crippen molar-refractivity contribution in [3.63, 3.8) is 0 Å². The third-order valence-corrected chi connectivity index (χ3v) is 4.64. The van der Waals surface area contributed by atoms with Gasteiger partial charge in [0.1, 0.15) is 5.69 Å². The molecule has 3 rings (SSSR count). The molecule has 1 amide bonds. The topological polar surface area (TPSA) is 88.3 Å². The van der Waals surface area contributed by atoms with E-state index in [0.717, 1.165) is 18.4 Å². The molecule has 1 aliphatic heterocycles. The fourth-order valence-corrected chi connectivity index (χ4v) is 3.13. The molecule has 1 fully saturated rings. The normalized spacial score (nSPS) is 15.5. The molecule has 1 N–H and O–H groups in total. The van der Waals surface area contributed by atoms with Gasteiger partial charge < -0.3 is 10.0 Å². The van der Waals surface area contributed by atoms with Crippen LogP contribution in [0.4, 0.5) is 0 Å². The summed E-state index contributed by atoms with van der Waals surface area (Å²) in [5.41, 5.74) is 1.61. The van der Waals surface area contributed by atoms with Crippen LogP contribution in [0.3, 0.4) is 0 Å². The second-order valence-electron chi connectivity index (χ2n) is 6.35. The van der Waals surface area contributed by atoms with E-state index in [1.807, 2.05) is 40.9 Å². The first kappa shape index (κ1) is 17.8. The van der Waals surface area contributed by atoms with Crippen molar-refractivity contribution >= 4 is 11.9 Å². The molecule has 0 bridgehead atoms. The number of rotatable bonds is 5. The average molecular weight is 354 g/mol. The Hall–Kier alpha value is -2.96. The smallest absolute Gasteiger partial charge is 0.335 e. The van der Waals surface area contributed by atoms with E-state index in [0.29, 0.717) is 25.2 Å². The number of amides is 1. The van der Waals surface area contributed by atoms with Crippen molar-refractivity contribution in [2.45, 2.75) is 32.2 Å². The molecule has 0 spiro atoms. The van der Waals surface area contributed by atoms with Crippen molar-refractivity contribution in [1.82, 2.24) is 19.9 Å². The van der Waals surface area contributed by atoms with Gasteiger partial charge in [-0.05, 0) is 31.9 Å². The van der Waals surface area contributed by atoms with E-state index in [-0.39, 0.29) is 17.5 Å². The van der Waals surface area contributed by atoms with Crippen LogP contribution in [0.15, 0.2) is 42.6 Å². The molecule has 2 aromatic rings. The van der Waals surface area contributed by atoms with E-state index in [2.05, 4.69) is 10.3 Å². The number of nitrogens with zero attached hydrogens (tertiary/aromatic N) is 4. The van der Waals surface area contributed by atoms with Crippen LogP contribution < -0.4 is 0 Å². The summed E-state index contributed by atoms with van der Waals surface area (Å²) in [5.74, 6) is -0.805. The van der Waals surface area contributed by atoms with E-state index in [4.69, 9.17) is 5.11 Å². The largest absolute Gasteiger partial charge is 0.478 e. The molecule has 1 aromatic carbocycles. The molecular formula is C19H22N4O3. The van der Waals surface area contributed by atoms with Crippen LogP contribution in [0.2, 0.25) is 0 Å². The molecule has 1 aliphatic rings. The molecule has 0 saturated carbocycles. The maximum atomic E-state index is 12.1. The molecule has 1 saturated heterocycles. The first-order valence-electron chi connectivity index (χ1n) is 8.73. The van der Waals surface area contributed by atoms with Gasteiger partial charge in [0.2, 0.25) is 5.91 Å². The summed E-state index contributed by atoms with van der Waals surface area (Å²) in [4.78, 5) is 25.1. The summed E-state index contributed by atoms with van der Waals surface area (Å²) in [6, 6.07) is 6.87. The van der Waals surface area contributed by atoms with Gasteiger partial charge in [0.15, 0.2) is 0 Å². The predicted molar refractivity (Wildman–Crippen MR) is 96.7 cm³/mol. The Morgan fingerprint density at radius 1 is 1.31 bits per heavy atom. The Morgan fingerprint density at radius 2 is 2.08 bits per heavy atom. The Bertz CT molecular complexity index is 820. The van der Waals surface area contributed by atoms with Gasteiger partial charge in [0.25, 0.3) is 0 Å². The molecule has 26 heavy (non-hydrogen) atoms. The summed E-state index contributed by atoms with van der Waals surface area (Å²) >= 11 is 0. The minimum atomic E-state index is -0.964. The third-order valence-electron chi connectivity index (χ3n) is 4.64. The van der Waals surface area contributed by atoms with Crippen molar-refractivity contribution in [1.29, 1.82) is 0 Å². The van der Waals surface area contributed by atoms with Gasteiger partial charge in [0, 0.05) is 25.1 Å². The zero-order valence-electron chi connectivity index (χ0n) is 14.7. The first-order valence-corrected chi connectivity index (χ1v) is 8.73. The van der Waals surface area contributed by atoms with Gasteiger partial charge in [-0.15, -0.1) is 5.10 Å².